The number of rotatable bonds is 4. The molecule has 0 amide bonds. The van der Waals surface area contributed by atoms with Crippen molar-refractivity contribution in [2.75, 3.05) is 5.75 Å². The molecule has 106 valence electrons. The summed E-state index contributed by atoms with van der Waals surface area (Å²) in [5, 5.41) is 16.2. The summed E-state index contributed by atoms with van der Waals surface area (Å²) in [6, 6.07) is 6.06. The van der Waals surface area contributed by atoms with Gasteiger partial charge in [-0.15, -0.1) is 16.9 Å². The molecule has 0 aliphatic carbocycles. The highest BCUT2D eigenvalue weighted by Gasteiger charge is 2.27. The smallest absolute Gasteiger partial charge is 0.390 e. The maximum atomic E-state index is 12.1. The Morgan fingerprint density at radius 3 is 2.75 bits per heavy atom. The molecule has 0 aliphatic heterocycles. The first-order chi connectivity index (χ1) is 9.35. The molecule has 1 aromatic heterocycles. The van der Waals surface area contributed by atoms with Gasteiger partial charge in [0.2, 0.25) is 0 Å². The van der Waals surface area contributed by atoms with Gasteiger partial charge in [0, 0.05) is 10.5 Å². The molecule has 0 bridgehead atoms. The van der Waals surface area contributed by atoms with Gasteiger partial charge < -0.3 is 10.1 Å². The Kier molecular flexibility index (Phi) is 3.93. The zero-order chi connectivity index (χ0) is 14.8. The monoisotopic (exact) mass is 304 g/mol. The van der Waals surface area contributed by atoms with E-state index in [1.807, 2.05) is 0 Å². The number of benzene rings is 1. The molecule has 0 fully saturated rings. The molecule has 0 saturated heterocycles. The van der Waals surface area contributed by atoms with Gasteiger partial charge in [0.1, 0.15) is 0 Å². The highest BCUT2D eigenvalue weighted by atomic mass is 32.2. The molecule has 0 saturated carbocycles. The molecule has 1 aromatic carbocycles. The molecule has 1 heterocycles. The number of aromatic nitrogens is 3. The van der Waals surface area contributed by atoms with Crippen molar-refractivity contribution in [1.29, 1.82) is 0 Å². The van der Waals surface area contributed by atoms with Crippen LogP contribution >= 0.6 is 11.8 Å². The minimum absolute atomic E-state index is 0.0613. The van der Waals surface area contributed by atoms with E-state index in [-0.39, 0.29) is 5.82 Å². The number of nitrogens with zero attached hydrogens (tertiary/aromatic N) is 3. The van der Waals surface area contributed by atoms with Crippen LogP contribution in [0.25, 0.3) is 11.4 Å². The first-order valence-electron chi connectivity index (χ1n) is 5.22. The molecule has 0 aliphatic rings. The van der Waals surface area contributed by atoms with Gasteiger partial charge in [0.25, 0.3) is 5.82 Å². The number of hydrogen-bond acceptors (Lipinski definition) is 5. The average Bonchev–Trinajstić information content (AvgIpc) is 2.86. The zero-order valence-corrected chi connectivity index (χ0v) is 10.5. The summed E-state index contributed by atoms with van der Waals surface area (Å²) in [4.78, 5) is 13.7. The fraction of sp³-hybridized carbons (Fsp3) is 0.200. The largest absolute Gasteiger partial charge is 0.453 e. The molecule has 1 N–H and O–H groups in total. The van der Waals surface area contributed by atoms with Crippen LogP contribution in [0.5, 0.6) is 0 Å². The summed E-state index contributed by atoms with van der Waals surface area (Å²) in [6.07, 6.45) is -4.26. The summed E-state index contributed by atoms with van der Waals surface area (Å²) in [7, 11) is 0. The van der Waals surface area contributed by atoms with Crippen molar-refractivity contribution < 1.29 is 18.1 Å². The lowest BCUT2D eigenvalue weighted by Crippen LogP contribution is -2.10. The van der Waals surface area contributed by atoms with Crippen LogP contribution in [0, 0.1) is 10.1 Å². The third-order valence-electron chi connectivity index (χ3n) is 2.14. The first kappa shape index (κ1) is 14.3. The van der Waals surface area contributed by atoms with Gasteiger partial charge in [0.15, 0.2) is 0 Å². The van der Waals surface area contributed by atoms with Crippen LogP contribution in [-0.2, 0) is 0 Å². The number of aromatic amines is 1. The Bertz CT molecular complexity index is 629. The van der Waals surface area contributed by atoms with Crippen LogP contribution in [0.1, 0.15) is 0 Å². The number of alkyl halides is 3. The van der Waals surface area contributed by atoms with E-state index in [9.17, 15) is 23.3 Å². The SMILES string of the molecule is O=[N+]([O-])c1nc(-c2cccc(SCC(F)(F)F)c2)n[nH]1. The maximum Gasteiger partial charge on any atom is 0.453 e. The van der Waals surface area contributed by atoms with Crippen LogP contribution < -0.4 is 0 Å². The predicted molar refractivity (Wildman–Crippen MR) is 65.3 cm³/mol. The number of nitrogens with one attached hydrogen (secondary N) is 1. The Hall–Kier alpha value is -2.10. The minimum atomic E-state index is -4.26. The highest BCUT2D eigenvalue weighted by Crippen LogP contribution is 2.29. The quantitative estimate of drug-likeness (QED) is 0.533. The van der Waals surface area contributed by atoms with Crippen LogP contribution in [0.2, 0.25) is 0 Å². The Morgan fingerprint density at radius 1 is 1.40 bits per heavy atom. The van der Waals surface area contributed by atoms with Crippen LogP contribution in [0.15, 0.2) is 29.2 Å². The van der Waals surface area contributed by atoms with E-state index in [0.717, 1.165) is 0 Å². The van der Waals surface area contributed by atoms with Gasteiger partial charge in [-0.2, -0.15) is 13.2 Å². The second-order valence-corrected chi connectivity index (χ2v) is 4.72. The van der Waals surface area contributed by atoms with E-state index in [4.69, 9.17) is 0 Å². The summed E-state index contributed by atoms with van der Waals surface area (Å²) in [6.45, 7) is 0. The van der Waals surface area contributed by atoms with Crippen molar-refractivity contribution in [2.24, 2.45) is 0 Å². The van der Waals surface area contributed by atoms with Crippen molar-refractivity contribution in [3.63, 3.8) is 0 Å². The van der Waals surface area contributed by atoms with Crippen molar-refractivity contribution in [1.82, 2.24) is 15.2 Å². The van der Waals surface area contributed by atoms with E-state index in [1.54, 1.807) is 6.07 Å². The number of nitro groups is 1. The molecule has 10 heteroatoms. The van der Waals surface area contributed by atoms with Gasteiger partial charge in [0.05, 0.1) is 5.75 Å². The summed E-state index contributed by atoms with van der Waals surface area (Å²) < 4.78 is 36.4. The molecule has 20 heavy (non-hydrogen) atoms. The number of hydrogen-bond donors (Lipinski definition) is 1. The molecular formula is C10H7F3N4O2S. The van der Waals surface area contributed by atoms with Gasteiger partial charge in [-0.25, -0.2) is 0 Å². The number of halogens is 3. The molecule has 2 rings (SSSR count). The normalized spacial score (nSPS) is 11.6. The minimum Gasteiger partial charge on any atom is -0.390 e. The second kappa shape index (κ2) is 5.49. The predicted octanol–water partition coefficient (Wildman–Crippen LogP) is 3.03. The van der Waals surface area contributed by atoms with Gasteiger partial charge in [-0.05, 0) is 28.1 Å². The van der Waals surface area contributed by atoms with Gasteiger partial charge >= 0.3 is 12.1 Å². The molecule has 0 atom stereocenters. The van der Waals surface area contributed by atoms with E-state index in [1.165, 1.54) is 18.2 Å². The van der Waals surface area contributed by atoms with Gasteiger partial charge in [-0.1, -0.05) is 11.2 Å². The topological polar surface area (TPSA) is 84.7 Å². The van der Waals surface area contributed by atoms with Crippen LogP contribution in [0.4, 0.5) is 19.1 Å². The van der Waals surface area contributed by atoms with Gasteiger partial charge in [-0.3, -0.25) is 0 Å². The molecule has 2 aromatic rings. The Morgan fingerprint density at radius 2 is 2.15 bits per heavy atom. The lowest BCUT2D eigenvalue weighted by Gasteiger charge is -2.05. The third kappa shape index (κ3) is 3.70. The summed E-state index contributed by atoms with van der Waals surface area (Å²) >= 11 is 0.625. The zero-order valence-electron chi connectivity index (χ0n) is 9.72. The number of thioether (sulfide) groups is 1. The van der Waals surface area contributed by atoms with Crippen molar-refractivity contribution >= 4 is 17.7 Å². The standard InChI is InChI=1S/C10H7F3N4O2S/c11-10(12,13)5-20-7-3-1-2-6(4-7)8-14-9(16-15-8)17(18)19/h1-4H,5H2,(H,14,15,16). The third-order valence-corrected chi connectivity index (χ3v) is 3.20. The van der Waals surface area contributed by atoms with E-state index < -0.39 is 22.8 Å². The highest BCUT2D eigenvalue weighted by molar-refractivity contribution is 7.99. The van der Waals surface area contributed by atoms with Crippen molar-refractivity contribution in [3.8, 4) is 11.4 Å². The average molecular weight is 304 g/mol. The molecule has 0 spiro atoms. The summed E-state index contributed by atoms with van der Waals surface area (Å²) in [5.41, 5.74) is 0.404. The number of H-pyrrole nitrogens is 1. The van der Waals surface area contributed by atoms with E-state index in [0.29, 0.717) is 22.2 Å². The Balaban J connectivity index is 2.18. The van der Waals surface area contributed by atoms with E-state index in [2.05, 4.69) is 15.2 Å². The van der Waals surface area contributed by atoms with Crippen molar-refractivity contribution in [2.45, 2.75) is 11.1 Å². The fourth-order valence-electron chi connectivity index (χ4n) is 1.35. The summed E-state index contributed by atoms with van der Waals surface area (Å²) in [5.74, 6) is -1.47. The first-order valence-corrected chi connectivity index (χ1v) is 6.20. The molecule has 0 radical (unpaired) electrons. The molecule has 6 nitrogen and oxygen atoms in total. The van der Waals surface area contributed by atoms with Crippen molar-refractivity contribution in [3.05, 3.63) is 34.4 Å². The molecule has 0 unspecified atom stereocenters. The molecular weight excluding hydrogens is 297 g/mol. The lowest BCUT2D eigenvalue weighted by molar-refractivity contribution is -0.394. The maximum absolute atomic E-state index is 12.1. The second-order valence-electron chi connectivity index (χ2n) is 3.67. The fourth-order valence-corrected chi connectivity index (χ4v) is 2.07. The Labute approximate surface area is 114 Å². The van der Waals surface area contributed by atoms with Crippen LogP contribution in [0.3, 0.4) is 0 Å². The lowest BCUT2D eigenvalue weighted by atomic mass is 10.2. The van der Waals surface area contributed by atoms with Crippen LogP contribution in [-0.4, -0.2) is 32.0 Å². The van der Waals surface area contributed by atoms with E-state index >= 15 is 0 Å².